The van der Waals surface area contributed by atoms with Crippen molar-refractivity contribution in [2.24, 2.45) is 0 Å². The van der Waals surface area contributed by atoms with Gasteiger partial charge in [0.1, 0.15) is 0 Å². The van der Waals surface area contributed by atoms with Crippen LogP contribution in [-0.4, -0.2) is 70.0 Å². The van der Waals surface area contributed by atoms with Gasteiger partial charge in [0.25, 0.3) is 5.91 Å². The van der Waals surface area contributed by atoms with E-state index in [2.05, 4.69) is 25.9 Å². The number of anilines is 3. The van der Waals surface area contributed by atoms with Crippen LogP contribution < -0.4 is 20.9 Å². The van der Waals surface area contributed by atoms with Crippen LogP contribution in [0.1, 0.15) is 54.4 Å². The van der Waals surface area contributed by atoms with E-state index in [1.54, 1.807) is 16.6 Å². The molecule has 5 heterocycles. The number of amides is 1. The second-order valence-electron chi connectivity index (χ2n) is 12.2. The van der Waals surface area contributed by atoms with Gasteiger partial charge in [-0.25, -0.2) is 4.52 Å². The van der Waals surface area contributed by atoms with Crippen molar-refractivity contribution in [3.05, 3.63) is 83.0 Å². The van der Waals surface area contributed by atoms with Gasteiger partial charge in [-0.05, 0) is 106 Å². The second kappa shape index (κ2) is 12.0. The first-order chi connectivity index (χ1) is 21.4. The fraction of sp³-hybridized carbons (Fsp3) is 0.424. The average Bonchev–Trinajstić information content (AvgIpc) is 3.64. The van der Waals surface area contributed by atoms with Gasteiger partial charge >= 0.3 is 0 Å². The number of nitrogens with zero attached hydrogens (tertiary/aromatic N) is 4. The molecule has 1 unspecified atom stereocenters. The van der Waals surface area contributed by atoms with Crippen LogP contribution in [0.2, 0.25) is 5.02 Å². The number of aliphatic hydroxyl groups is 1. The van der Waals surface area contributed by atoms with Gasteiger partial charge in [-0.3, -0.25) is 4.79 Å². The van der Waals surface area contributed by atoms with Gasteiger partial charge in [0, 0.05) is 42.1 Å². The van der Waals surface area contributed by atoms with E-state index in [9.17, 15) is 9.90 Å². The number of hydrogen-bond donors (Lipinski definition) is 4. The first kappa shape index (κ1) is 29.0. The van der Waals surface area contributed by atoms with Crippen LogP contribution in [0.5, 0.6) is 0 Å². The Balaban J connectivity index is 0.959. The van der Waals surface area contributed by atoms with Crippen LogP contribution >= 0.6 is 11.6 Å². The molecule has 2 aromatic heterocycles. The highest BCUT2D eigenvalue weighted by Crippen LogP contribution is 2.38. The quantitative estimate of drug-likeness (QED) is 0.238. The van der Waals surface area contributed by atoms with Gasteiger partial charge < -0.3 is 30.7 Å². The highest BCUT2D eigenvalue weighted by Gasteiger charge is 2.41. The zero-order chi connectivity index (χ0) is 30.1. The van der Waals surface area contributed by atoms with E-state index in [1.807, 2.05) is 54.7 Å². The van der Waals surface area contributed by atoms with Crippen molar-refractivity contribution in [3.63, 3.8) is 0 Å². The molecule has 44 heavy (non-hydrogen) atoms. The highest BCUT2D eigenvalue weighted by molar-refractivity contribution is 6.30. The van der Waals surface area contributed by atoms with Gasteiger partial charge in [0.05, 0.1) is 23.0 Å². The molecule has 3 fully saturated rings. The van der Waals surface area contributed by atoms with E-state index in [4.69, 9.17) is 21.3 Å². The molecule has 7 rings (SSSR count). The third-order valence-corrected chi connectivity index (χ3v) is 9.65. The van der Waals surface area contributed by atoms with Crippen molar-refractivity contribution in [2.75, 3.05) is 42.9 Å². The van der Waals surface area contributed by atoms with Crippen LogP contribution in [0.25, 0.3) is 5.65 Å². The summed E-state index contributed by atoms with van der Waals surface area (Å²) in [5.74, 6) is 0.362. The summed E-state index contributed by atoms with van der Waals surface area (Å²) in [6.07, 6.45) is 7.29. The lowest BCUT2D eigenvalue weighted by molar-refractivity contribution is -0.0576. The maximum atomic E-state index is 12.8. The van der Waals surface area contributed by atoms with Crippen molar-refractivity contribution in [1.29, 1.82) is 0 Å². The molecule has 3 saturated heterocycles. The monoisotopic (exact) mass is 615 g/mol. The molecule has 1 amide bonds. The molecule has 4 N–H and O–H groups in total. The van der Waals surface area contributed by atoms with E-state index in [1.165, 1.54) is 0 Å². The standard InChI is InChI=1S/C33H38ClN7O3/c34-25-7-5-24(6-8-25)33(43)15-20-40(21-16-33)28-2-1-19-41-29(28)38-31(39-41)37-26-9-3-23(4-10-26)30(42)36-22-27-11-12-32(44-27)13-17-35-18-14-32/h1-10,19,27,35,43H,11-18,20-22H2,(H,36,42)(H,37,39). The number of rotatable bonds is 7. The first-order valence-electron chi connectivity index (χ1n) is 15.5. The lowest BCUT2D eigenvalue weighted by Crippen LogP contribution is -2.43. The van der Waals surface area contributed by atoms with Gasteiger partial charge in [-0.2, -0.15) is 4.98 Å². The summed E-state index contributed by atoms with van der Waals surface area (Å²) in [4.78, 5) is 19.9. The van der Waals surface area contributed by atoms with Crippen molar-refractivity contribution in [3.8, 4) is 0 Å². The predicted octanol–water partition coefficient (Wildman–Crippen LogP) is 4.65. The summed E-state index contributed by atoms with van der Waals surface area (Å²) in [5, 5.41) is 26.3. The molecule has 0 bridgehead atoms. The number of halogens is 1. The van der Waals surface area contributed by atoms with Gasteiger partial charge in [-0.1, -0.05) is 23.7 Å². The van der Waals surface area contributed by atoms with Crippen molar-refractivity contribution >= 4 is 40.5 Å². The van der Waals surface area contributed by atoms with Crippen LogP contribution in [0, 0.1) is 0 Å². The molecule has 10 nitrogen and oxygen atoms in total. The average molecular weight is 616 g/mol. The predicted molar refractivity (Wildman–Crippen MR) is 171 cm³/mol. The topological polar surface area (TPSA) is 116 Å². The fourth-order valence-electron chi connectivity index (χ4n) is 6.79. The first-order valence-corrected chi connectivity index (χ1v) is 15.9. The molecular weight excluding hydrogens is 578 g/mol. The minimum atomic E-state index is -0.879. The van der Waals surface area contributed by atoms with E-state index in [0.717, 1.165) is 61.4 Å². The SMILES string of the molecule is O=C(NCC1CCC2(CCNCC2)O1)c1ccc(Nc2nc3c(N4CCC(O)(c5ccc(Cl)cc5)CC4)cccn3n2)cc1. The Hall–Kier alpha value is -3.70. The number of carbonyl (C=O) groups excluding carboxylic acids is 1. The number of aromatic nitrogens is 3. The van der Waals surface area contributed by atoms with E-state index < -0.39 is 5.60 Å². The normalized spacial score (nSPS) is 21.0. The lowest BCUT2D eigenvalue weighted by Gasteiger charge is -2.39. The summed E-state index contributed by atoms with van der Waals surface area (Å²) < 4.78 is 8.13. The Kier molecular flexibility index (Phi) is 7.92. The summed E-state index contributed by atoms with van der Waals surface area (Å²) >= 11 is 6.05. The minimum Gasteiger partial charge on any atom is -0.385 e. The Morgan fingerprint density at radius 3 is 2.52 bits per heavy atom. The highest BCUT2D eigenvalue weighted by atomic mass is 35.5. The van der Waals surface area contributed by atoms with Gasteiger partial charge in [-0.15, -0.1) is 5.10 Å². The third kappa shape index (κ3) is 5.99. The van der Waals surface area contributed by atoms with Crippen molar-refractivity contribution in [1.82, 2.24) is 25.2 Å². The van der Waals surface area contributed by atoms with Gasteiger partial charge in [0.2, 0.25) is 5.95 Å². The molecule has 230 valence electrons. The maximum Gasteiger partial charge on any atom is 0.251 e. The molecule has 11 heteroatoms. The number of piperidine rings is 2. The Morgan fingerprint density at radius 1 is 1.02 bits per heavy atom. The molecule has 1 atom stereocenters. The molecule has 2 aromatic carbocycles. The summed E-state index contributed by atoms with van der Waals surface area (Å²) in [5.41, 5.74) is 3.10. The summed E-state index contributed by atoms with van der Waals surface area (Å²) in [7, 11) is 0. The summed E-state index contributed by atoms with van der Waals surface area (Å²) in [6, 6.07) is 18.8. The zero-order valence-corrected chi connectivity index (χ0v) is 25.4. The van der Waals surface area contributed by atoms with Crippen LogP contribution in [0.15, 0.2) is 66.9 Å². The number of hydrogen-bond acceptors (Lipinski definition) is 8. The number of benzene rings is 2. The lowest BCUT2D eigenvalue weighted by atomic mass is 9.84. The molecule has 0 saturated carbocycles. The number of ether oxygens (including phenoxy) is 1. The van der Waals surface area contributed by atoms with E-state index >= 15 is 0 Å². The van der Waals surface area contributed by atoms with Crippen molar-refractivity contribution in [2.45, 2.75) is 55.8 Å². The molecular formula is C33H38ClN7O3. The summed E-state index contributed by atoms with van der Waals surface area (Å²) in [6.45, 7) is 3.90. The van der Waals surface area contributed by atoms with Crippen LogP contribution in [-0.2, 0) is 10.3 Å². The number of pyridine rings is 1. The number of fused-ring (bicyclic) bond motifs is 1. The molecule has 3 aliphatic rings. The molecule has 0 aliphatic carbocycles. The zero-order valence-electron chi connectivity index (χ0n) is 24.6. The number of nitrogens with one attached hydrogen (secondary N) is 3. The number of carbonyl (C=O) groups is 1. The Labute approximate surface area is 261 Å². The minimum absolute atomic E-state index is 0.00220. The molecule has 4 aromatic rings. The molecule has 1 spiro atoms. The van der Waals surface area contributed by atoms with E-state index in [0.29, 0.717) is 49.0 Å². The molecule has 0 radical (unpaired) electrons. The van der Waals surface area contributed by atoms with Crippen LogP contribution in [0.3, 0.4) is 0 Å². The van der Waals surface area contributed by atoms with E-state index in [-0.39, 0.29) is 17.6 Å². The fourth-order valence-corrected chi connectivity index (χ4v) is 6.92. The largest absolute Gasteiger partial charge is 0.385 e. The third-order valence-electron chi connectivity index (χ3n) is 9.40. The molecule has 3 aliphatic heterocycles. The van der Waals surface area contributed by atoms with Gasteiger partial charge in [0.15, 0.2) is 5.65 Å². The van der Waals surface area contributed by atoms with Crippen molar-refractivity contribution < 1.29 is 14.6 Å². The Bertz CT molecular complexity index is 1610. The van der Waals surface area contributed by atoms with Crippen LogP contribution in [0.4, 0.5) is 17.3 Å². The second-order valence-corrected chi connectivity index (χ2v) is 12.7. The maximum absolute atomic E-state index is 12.8. The Morgan fingerprint density at radius 2 is 1.77 bits per heavy atom. The smallest absolute Gasteiger partial charge is 0.251 e.